The van der Waals surface area contributed by atoms with E-state index in [1.165, 1.54) is 5.56 Å². The molecule has 0 saturated carbocycles. The Morgan fingerprint density at radius 3 is 2.43 bits per heavy atom. The molecule has 1 aliphatic rings. The first-order chi connectivity index (χ1) is 16.7. The van der Waals surface area contributed by atoms with Crippen LogP contribution in [0.1, 0.15) is 29.5 Å². The average Bonchev–Trinajstić information content (AvgIpc) is 3.13. The fraction of sp³-hybridized carbons (Fsp3) is 0.222. The molecule has 8 heteroatoms. The van der Waals surface area contributed by atoms with Gasteiger partial charge in [-0.25, -0.2) is 0 Å². The molecular formula is C27H27BrN4O3. The second-order valence-electron chi connectivity index (χ2n) is 8.84. The van der Waals surface area contributed by atoms with E-state index < -0.39 is 17.9 Å². The van der Waals surface area contributed by atoms with Gasteiger partial charge in [0.05, 0.1) is 11.4 Å². The molecule has 7 nitrogen and oxygen atoms in total. The van der Waals surface area contributed by atoms with Crippen LogP contribution in [-0.4, -0.2) is 47.7 Å². The molecule has 3 N–H and O–H groups in total. The highest BCUT2D eigenvalue weighted by Crippen LogP contribution is 2.38. The van der Waals surface area contributed by atoms with E-state index in [9.17, 15) is 14.7 Å². The number of carbonyl (C=O) groups is 2. The fourth-order valence-corrected chi connectivity index (χ4v) is 4.39. The Labute approximate surface area is 213 Å². The molecule has 0 radical (unpaired) electrons. The smallest absolute Gasteiger partial charge is 0.325 e. The van der Waals surface area contributed by atoms with Gasteiger partial charge in [0.25, 0.3) is 0 Å². The standard InChI is InChI=1S/C27H27BrN4O3/c1-16(27(34)35)29-20-11-6-18(7-12-20)25(30-21-9-4-17(5-10-21)15-32(2)3)24-22-13-8-19(28)14-23(22)31-26(24)33/h4-14,16,24,29H,15H2,1-3H3,(H,31,33)(H,34,35). The molecule has 0 bridgehead atoms. The van der Waals surface area contributed by atoms with Crippen molar-refractivity contribution >= 4 is 50.6 Å². The van der Waals surface area contributed by atoms with Crippen LogP contribution in [0.3, 0.4) is 0 Å². The number of aliphatic imine (C=N–C) groups is 1. The van der Waals surface area contributed by atoms with E-state index >= 15 is 0 Å². The van der Waals surface area contributed by atoms with Crippen LogP contribution in [0.25, 0.3) is 0 Å². The third kappa shape index (κ3) is 5.78. The predicted octanol–water partition coefficient (Wildman–Crippen LogP) is 5.25. The maximum atomic E-state index is 13.1. The van der Waals surface area contributed by atoms with E-state index in [2.05, 4.69) is 31.5 Å². The molecule has 1 heterocycles. The number of carboxylic acids is 1. The highest BCUT2D eigenvalue weighted by molar-refractivity contribution is 9.10. The molecule has 3 aromatic rings. The molecule has 2 unspecified atom stereocenters. The van der Waals surface area contributed by atoms with Crippen molar-refractivity contribution in [3.63, 3.8) is 0 Å². The SMILES string of the molecule is CC(Nc1ccc(C(=Nc2ccc(CN(C)C)cc2)C2C(=O)Nc3cc(Br)ccc32)cc1)C(=O)O. The van der Waals surface area contributed by atoms with Gasteiger partial charge < -0.3 is 20.6 Å². The summed E-state index contributed by atoms with van der Waals surface area (Å²) >= 11 is 3.47. The second kappa shape index (κ2) is 10.4. The summed E-state index contributed by atoms with van der Waals surface area (Å²) in [5, 5.41) is 15.1. The molecular weight excluding hydrogens is 508 g/mol. The maximum absolute atomic E-state index is 13.1. The Balaban J connectivity index is 1.74. The summed E-state index contributed by atoms with van der Waals surface area (Å²) in [7, 11) is 4.04. The molecule has 3 aromatic carbocycles. The summed E-state index contributed by atoms with van der Waals surface area (Å²) in [6.45, 7) is 2.41. The van der Waals surface area contributed by atoms with Gasteiger partial charge >= 0.3 is 5.97 Å². The average molecular weight is 535 g/mol. The van der Waals surface area contributed by atoms with Gasteiger partial charge in [-0.1, -0.05) is 46.3 Å². The Hall–Kier alpha value is -3.49. The van der Waals surface area contributed by atoms with Gasteiger partial charge in [0.15, 0.2) is 0 Å². The van der Waals surface area contributed by atoms with Crippen LogP contribution < -0.4 is 10.6 Å². The van der Waals surface area contributed by atoms with Crippen molar-refractivity contribution in [1.82, 2.24) is 4.90 Å². The van der Waals surface area contributed by atoms with Gasteiger partial charge in [-0.05, 0) is 74.1 Å². The first kappa shape index (κ1) is 24.6. The van der Waals surface area contributed by atoms with Crippen LogP contribution in [0.2, 0.25) is 0 Å². The lowest BCUT2D eigenvalue weighted by molar-refractivity contribution is -0.137. The van der Waals surface area contributed by atoms with Crippen molar-refractivity contribution in [2.75, 3.05) is 24.7 Å². The molecule has 2 atom stereocenters. The van der Waals surface area contributed by atoms with Crippen LogP contribution in [0.5, 0.6) is 0 Å². The van der Waals surface area contributed by atoms with Crippen molar-refractivity contribution in [3.8, 4) is 0 Å². The Morgan fingerprint density at radius 1 is 1.11 bits per heavy atom. The minimum Gasteiger partial charge on any atom is -0.480 e. The number of hydrogen-bond donors (Lipinski definition) is 3. The normalized spacial score (nSPS) is 16.1. The van der Waals surface area contributed by atoms with Gasteiger partial charge in [-0.3, -0.25) is 14.6 Å². The number of nitrogens with one attached hydrogen (secondary N) is 2. The van der Waals surface area contributed by atoms with Crippen LogP contribution in [-0.2, 0) is 16.1 Å². The zero-order valence-corrected chi connectivity index (χ0v) is 21.3. The molecule has 0 fully saturated rings. The summed E-state index contributed by atoms with van der Waals surface area (Å²) in [5.74, 6) is -1.64. The number of benzene rings is 3. The minimum atomic E-state index is -0.931. The monoisotopic (exact) mass is 534 g/mol. The lowest BCUT2D eigenvalue weighted by Crippen LogP contribution is -2.25. The van der Waals surface area contributed by atoms with E-state index in [0.29, 0.717) is 11.4 Å². The van der Waals surface area contributed by atoms with E-state index in [4.69, 9.17) is 4.99 Å². The van der Waals surface area contributed by atoms with Crippen molar-refractivity contribution in [2.24, 2.45) is 4.99 Å². The van der Waals surface area contributed by atoms with E-state index in [-0.39, 0.29) is 5.91 Å². The van der Waals surface area contributed by atoms with Crippen LogP contribution in [0.4, 0.5) is 17.1 Å². The van der Waals surface area contributed by atoms with Gasteiger partial charge in [0.1, 0.15) is 12.0 Å². The molecule has 0 aliphatic carbocycles. The van der Waals surface area contributed by atoms with Gasteiger partial charge in [-0.2, -0.15) is 0 Å². The zero-order valence-electron chi connectivity index (χ0n) is 19.7. The number of amides is 1. The molecule has 0 spiro atoms. The van der Waals surface area contributed by atoms with Crippen molar-refractivity contribution in [2.45, 2.75) is 25.4 Å². The fourth-order valence-electron chi connectivity index (χ4n) is 4.03. The molecule has 180 valence electrons. The Morgan fingerprint density at radius 2 is 1.80 bits per heavy atom. The summed E-state index contributed by atoms with van der Waals surface area (Å²) < 4.78 is 0.884. The number of hydrogen-bond acceptors (Lipinski definition) is 5. The topological polar surface area (TPSA) is 94.0 Å². The summed E-state index contributed by atoms with van der Waals surface area (Å²) in [4.78, 5) is 31.3. The largest absolute Gasteiger partial charge is 0.480 e. The molecule has 0 saturated heterocycles. The molecule has 1 amide bonds. The summed E-state index contributed by atoms with van der Waals surface area (Å²) in [6.07, 6.45) is 0. The van der Waals surface area contributed by atoms with Gasteiger partial charge in [-0.15, -0.1) is 0 Å². The highest BCUT2D eigenvalue weighted by atomic mass is 79.9. The number of nitrogens with zero attached hydrogens (tertiary/aromatic N) is 2. The van der Waals surface area contributed by atoms with E-state index in [1.807, 2.05) is 68.7 Å². The third-order valence-electron chi connectivity index (χ3n) is 5.74. The first-order valence-corrected chi connectivity index (χ1v) is 12.0. The number of rotatable bonds is 8. The Kier molecular flexibility index (Phi) is 7.33. The van der Waals surface area contributed by atoms with Crippen molar-refractivity contribution in [1.29, 1.82) is 0 Å². The second-order valence-corrected chi connectivity index (χ2v) is 9.75. The van der Waals surface area contributed by atoms with Crippen molar-refractivity contribution < 1.29 is 14.7 Å². The van der Waals surface area contributed by atoms with Crippen molar-refractivity contribution in [3.05, 3.63) is 87.9 Å². The Bertz CT molecular complexity index is 1270. The predicted molar refractivity (Wildman–Crippen MR) is 143 cm³/mol. The maximum Gasteiger partial charge on any atom is 0.325 e. The summed E-state index contributed by atoms with van der Waals surface area (Å²) in [5.41, 5.74) is 5.64. The number of halogens is 1. The van der Waals surface area contributed by atoms with E-state index in [1.54, 1.807) is 19.1 Å². The van der Waals surface area contributed by atoms with Crippen LogP contribution in [0.15, 0.2) is 76.2 Å². The summed E-state index contributed by atoms with van der Waals surface area (Å²) in [6, 6.07) is 20.3. The molecule has 4 rings (SSSR count). The van der Waals surface area contributed by atoms with Gasteiger partial charge in [0.2, 0.25) is 5.91 Å². The first-order valence-electron chi connectivity index (χ1n) is 11.2. The van der Waals surface area contributed by atoms with Crippen LogP contribution in [0, 0.1) is 0 Å². The molecule has 0 aromatic heterocycles. The minimum absolute atomic E-state index is 0.136. The lowest BCUT2D eigenvalue weighted by Gasteiger charge is -2.16. The lowest BCUT2D eigenvalue weighted by atomic mass is 9.90. The zero-order chi connectivity index (χ0) is 25.1. The van der Waals surface area contributed by atoms with E-state index in [0.717, 1.165) is 33.5 Å². The number of carboxylic acid groups (broad SMARTS) is 1. The van der Waals surface area contributed by atoms with Gasteiger partial charge in [0, 0.05) is 22.4 Å². The number of fused-ring (bicyclic) bond motifs is 1. The quantitative estimate of drug-likeness (QED) is 0.343. The highest BCUT2D eigenvalue weighted by Gasteiger charge is 2.35. The third-order valence-corrected chi connectivity index (χ3v) is 6.23. The number of anilines is 2. The molecule has 35 heavy (non-hydrogen) atoms. The number of carbonyl (C=O) groups excluding carboxylic acids is 1. The number of aliphatic carboxylic acids is 1. The van der Waals surface area contributed by atoms with Crippen LogP contribution >= 0.6 is 15.9 Å². The molecule has 1 aliphatic heterocycles.